The van der Waals surface area contributed by atoms with Gasteiger partial charge < -0.3 is 5.32 Å². The molecule has 0 amide bonds. The van der Waals surface area contributed by atoms with Crippen LogP contribution in [0.3, 0.4) is 0 Å². The molecule has 0 radical (unpaired) electrons. The molecule has 1 aromatic heterocycles. The van der Waals surface area contributed by atoms with Crippen molar-refractivity contribution in [1.82, 2.24) is 15.1 Å². The normalized spacial score (nSPS) is 18.4. The summed E-state index contributed by atoms with van der Waals surface area (Å²) in [5.41, 5.74) is 2.56. The quantitative estimate of drug-likeness (QED) is 0.838. The van der Waals surface area contributed by atoms with Gasteiger partial charge in [0.15, 0.2) is 0 Å². The molecule has 1 N–H and O–H groups in total. The molecule has 114 valence electrons. The Morgan fingerprint density at radius 1 is 1.40 bits per heavy atom. The van der Waals surface area contributed by atoms with E-state index in [4.69, 9.17) is 0 Å². The van der Waals surface area contributed by atoms with Crippen molar-refractivity contribution in [2.75, 3.05) is 12.8 Å². The molecule has 1 saturated carbocycles. The topological polar surface area (TPSA) is 29.9 Å². The smallest absolute Gasteiger partial charge is 0.0624 e. The number of likely N-dealkylation sites (N-methyl/N-ethyl adjacent to an activating group) is 1. The van der Waals surface area contributed by atoms with Gasteiger partial charge in [-0.25, -0.2) is 0 Å². The van der Waals surface area contributed by atoms with Gasteiger partial charge in [-0.2, -0.15) is 16.9 Å². The zero-order valence-corrected chi connectivity index (χ0v) is 14.0. The highest BCUT2D eigenvalue weighted by Crippen LogP contribution is 2.28. The number of aromatic nitrogens is 2. The van der Waals surface area contributed by atoms with Crippen molar-refractivity contribution in [2.45, 2.75) is 63.2 Å². The lowest BCUT2D eigenvalue weighted by molar-refractivity contribution is 0.513. The monoisotopic (exact) mass is 295 g/mol. The first kappa shape index (κ1) is 15.9. The molecule has 1 atom stereocenters. The van der Waals surface area contributed by atoms with Crippen LogP contribution in [0.4, 0.5) is 0 Å². The van der Waals surface area contributed by atoms with E-state index in [0.717, 1.165) is 18.1 Å². The standard InChI is InChI=1S/C16H29N3S/c1-4-13-10-15(19(3)18-13)11-14(17-2)12-20-16-8-6-5-7-9-16/h10,14,16-17H,4-9,11-12H2,1-3H3. The second-order valence-corrected chi connectivity index (χ2v) is 7.22. The molecule has 3 nitrogen and oxygen atoms in total. The molecule has 4 heteroatoms. The van der Waals surface area contributed by atoms with Crippen molar-refractivity contribution in [3.05, 3.63) is 17.5 Å². The van der Waals surface area contributed by atoms with Crippen LogP contribution in [0.15, 0.2) is 6.07 Å². The fourth-order valence-electron chi connectivity index (χ4n) is 2.92. The van der Waals surface area contributed by atoms with Crippen molar-refractivity contribution >= 4 is 11.8 Å². The van der Waals surface area contributed by atoms with Crippen molar-refractivity contribution in [3.8, 4) is 0 Å². The Morgan fingerprint density at radius 3 is 2.75 bits per heavy atom. The zero-order valence-electron chi connectivity index (χ0n) is 13.2. The molecule has 0 bridgehead atoms. The van der Waals surface area contributed by atoms with Crippen LogP contribution < -0.4 is 5.32 Å². The largest absolute Gasteiger partial charge is 0.316 e. The van der Waals surface area contributed by atoms with Crippen LogP contribution >= 0.6 is 11.8 Å². The average molecular weight is 295 g/mol. The van der Waals surface area contributed by atoms with Gasteiger partial charge in [0, 0.05) is 36.2 Å². The van der Waals surface area contributed by atoms with Gasteiger partial charge in [0.2, 0.25) is 0 Å². The van der Waals surface area contributed by atoms with E-state index in [0.29, 0.717) is 6.04 Å². The summed E-state index contributed by atoms with van der Waals surface area (Å²) in [6, 6.07) is 2.82. The maximum absolute atomic E-state index is 4.55. The van der Waals surface area contributed by atoms with E-state index >= 15 is 0 Å². The van der Waals surface area contributed by atoms with E-state index in [1.54, 1.807) is 0 Å². The van der Waals surface area contributed by atoms with E-state index in [-0.39, 0.29) is 0 Å². The molecule has 0 aliphatic heterocycles. The highest BCUT2D eigenvalue weighted by atomic mass is 32.2. The molecule has 1 aliphatic rings. The van der Waals surface area contributed by atoms with Gasteiger partial charge in [-0.1, -0.05) is 26.2 Å². The SMILES string of the molecule is CCc1cc(CC(CSC2CCCCC2)NC)n(C)n1. The second-order valence-electron chi connectivity index (χ2n) is 5.89. The van der Waals surface area contributed by atoms with E-state index in [1.165, 1.54) is 49.2 Å². The van der Waals surface area contributed by atoms with Crippen LogP contribution in [0.25, 0.3) is 0 Å². The first-order chi connectivity index (χ1) is 9.72. The zero-order chi connectivity index (χ0) is 14.4. The number of thioether (sulfide) groups is 1. The van der Waals surface area contributed by atoms with Crippen LogP contribution in [0.1, 0.15) is 50.4 Å². The van der Waals surface area contributed by atoms with Crippen molar-refractivity contribution in [3.63, 3.8) is 0 Å². The maximum atomic E-state index is 4.55. The first-order valence-electron chi connectivity index (χ1n) is 8.03. The Labute approximate surface area is 127 Å². The minimum absolute atomic E-state index is 0.557. The second kappa shape index (κ2) is 8.08. The van der Waals surface area contributed by atoms with E-state index < -0.39 is 0 Å². The third-order valence-electron chi connectivity index (χ3n) is 4.34. The number of aryl methyl sites for hydroxylation is 2. The summed E-state index contributed by atoms with van der Waals surface area (Å²) in [5.74, 6) is 1.22. The van der Waals surface area contributed by atoms with E-state index in [9.17, 15) is 0 Å². The molecule has 0 saturated heterocycles. The van der Waals surface area contributed by atoms with Gasteiger partial charge in [0.05, 0.1) is 5.69 Å². The summed E-state index contributed by atoms with van der Waals surface area (Å²) in [6.45, 7) is 2.17. The Balaban J connectivity index is 1.83. The number of hydrogen-bond donors (Lipinski definition) is 1. The molecule has 1 unspecified atom stereocenters. The summed E-state index contributed by atoms with van der Waals surface area (Å²) in [6.07, 6.45) is 9.27. The summed E-state index contributed by atoms with van der Waals surface area (Å²) < 4.78 is 2.05. The summed E-state index contributed by atoms with van der Waals surface area (Å²) in [4.78, 5) is 0. The Bertz CT molecular complexity index is 396. The lowest BCUT2D eigenvalue weighted by atomic mass is 10.0. The fraction of sp³-hybridized carbons (Fsp3) is 0.812. The van der Waals surface area contributed by atoms with Crippen molar-refractivity contribution in [2.24, 2.45) is 7.05 Å². The molecule has 20 heavy (non-hydrogen) atoms. The third-order valence-corrected chi connectivity index (χ3v) is 5.88. The van der Waals surface area contributed by atoms with Crippen LogP contribution in [-0.4, -0.2) is 33.9 Å². The van der Waals surface area contributed by atoms with Gasteiger partial charge >= 0.3 is 0 Å². The average Bonchev–Trinajstić information content (AvgIpc) is 2.84. The summed E-state index contributed by atoms with van der Waals surface area (Å²) in [7, 11) is 4.15. The number of nitrogens with one attached hydrogen (secondary N) is 1. The number of hydrogen-bond acceptors (Lipinski definition) is 3. The molecule has 2 rings (SSSR count). The lowest BCUT2D eigenvalue weighted by Gasteiger charge is -2.24. The Kier molecular flexibility index (Phi) is 6.43. The summed E-state index contributed by atoms with van der Waals surface area (Å²) in [5, 5.41) is 8.93. The number of rotatable bonds is 7. The molecule has 1 fully saturated rings. The molecular formula is C16H29N3S. The van der Waals surface area contributed by atoms with Gasteiger partial charge in [0.1, 0.15) is 0 Å². The Morgan fingerprint density at radius 2 is 2.15 bits per heavy atom. The minimum atomic E-state index is 0.557. The van der Waals surface area contributed by atoms with Crippen LogP contribution in [0.2, 0.25) is 0 Å². The maximum Gasteiger partial charge on any atom is 0.0624 e. The van der Waals surface area contributed by atoms with Crippen LogP contribution in [0, 0.1) is 0 Å². The lowest BCUT2D eigenvalue weighted by Crippen LogP contribution is -2.31. The molecule has 1 heterocycles. The molecule has 0 aromatic carbocycles. The fourth-order valence-corrected chi connectivity index (χ4v) is 4.37. The molecule has 1 aromatic rings. The van der Waals surface area contributed by atoms with Gasteiger partial charge in [-0.05, 0) is 32.4 Å². The first-order valence-corrected chi connectivity index (χ1v) is 9.08. The van der Waals surface area contributed by atoms with Crippen molar-refractivity contribution < 1.29 is 0 Å². The van der Waals surface area contributed by atoms with Gasteiger partial charge in [-0.15, -0.1) is 0 Å². The van der Waals surface area contributed by atoms with Crippen LogP contribution in [-0.2, 0) is 19.9 Å². The summed E-state index contributed by atoms with van der Waals surface area (Å²) >= 11 is 2.18. The molecule has 0 spiro atoms. The predicted octanol–water partition coefficient (Wildman–Crippen LogP) is 3.18. The predicted molar refractivity (Wildman–Crippen MR) is 88.5 cm³/mol. The van der Waals surface area contributed by atoms with E-state index in [2.05, 4.69) is 53.9 Å². The third kappa shape index (κ3) is 4.52. The highest BCUT2D eigenvalue weighted by Gasteiger charge is 2.17. The van der Waals surface area contributed by atoms with Gasteiger partial charge in [-0.3, -0.25) is 4.68 Å². The molecule has 1 aliphatic carbocycles. The van der Waals surface area contributed by atoms with Crippen LogP contribution in [0.5, 0.6) is 0 Å². The minimum Gasteiger partial charge on any atom is -0.316 e. The Hall–Kier alpha value is -0.480. The van der Waals surface area contributed by atoms with E-state index in [1.807, 2.05) is 0 Å². The number of nitrogens with zero attached hydrogens (tertiary/aromatic N) is 2. The van der Waals surface area contributed by atoms with Crippen molar-refractivity contribution in [1.29, 1.82) is 0 Å². The highest BCUT2D eigenvalue weighted by molar-refractivity contribution is 7.99. The molecular weight excluding hydrogens is 266 g/mol. The van der Waals surface area contributed by atoms with Gasteiger partial charge in [0.25, 0.3) is 0 Å².